The van der Waals surface area contributed by atoms with E-state index in [1.54, 1.807) is 31.4 Å². The van der Waals surface area contributed by atoms with Crippen LogP contribution in [0.2, 0.25) is 0 Å². The van der Waals surface area contributed by atoms with Gasteiger partial charge in [-0.05, 0) is 44.5 Å². The van der Waals surface area contributed by atoms with Crippen molar-refractivity contribution in [1.82, 2.24) is 0 Å². The molecule has 2 N–H and O–H groups in total. The van der Waals surface area contributed by atoms with Gasteiger partial charge in [-0.15, -0.1) is 0 Å². The summed E-state index contributed by atoms with van der Waals surface area (Å²) in [5, 5.41) is 20.7. The lowest BCUT2D eigenvalue weighted by Gasteiger charge is -2.13. The first-order valence-corrected chi connectivity index (χ1v) is 8.73. The molecule has 0 radical (unpaired) electrons. The highest BCUT2D eigenvalue weighted by molar-refractivity contribution is 5.91. The minimum atomic E-state index is -0.703. The summed E-state index contributed by atoms with van der Waals surface area (Å²) in [6.45, 7) is 3.92. The topological polar surface area (TPSA) is 89.1 Å². The lowest BCUT2D eigenvalue weighted by molar-refractivity contribution is 0.402. The van der Waals surface area contributed by atoms with E-state index >= 15 is 0 Å². The van der Waals surface area contributed by atoms with E-state index in [2.05, 4.69) is 0 Å². The standard InChI is InChI=1S/C22H22O6/c1-12(2)5-10-15-17(27-4)11-16(23)18-19(24)20(25)21(28-22(15)18)13-6-8-14(26-3)9-7-13/h5-9,11,23,25H,10H2,1-4H3. The monoisotopic (exact) mass is 382 g/mol. The fraction of sp³-hybridized carbons (Fsp3) is 0.227. The number of benzene rings is 2. The second kappa shape index (κ2) is 7.68. The molecule has 6 nitrogen and oxygen atoms in total. The van der Waals surface area contributed by atoms with E-state index in [9.17, 15) is 15.0 Å². The van der Waals surface area contributed by atoms with Gasteiger partial charge in [0.1, 0.15) is 28.2 Å². The van der Waals surface area contributed by atoms with Crippen LogP contribution in [0.3, 0.4) is 0 Å². The third kappa shape index (κ3) is 3.41. The molecule has 2 aromatic carbocycles. The third-order valence-electron chi connectivity index (χ3n) is 4.47. The first-order valence-electron chi connectivity index (χ1n) is 8.73. The molecule has 6 heteroatoms. The first kappa shape index (κ1) is 19.4. The number of hydrogen-bond acceptors (Lipinski definition) is 6. The van der Waals surface area contributed by atoms with Crippen LogP contribution >= 0.6 is 0 Å². The van der Waals surface area contributed by atoms with E-state index in [1.165, 1.54) is 13.2 Å². The van der Waals surface area contributed by atoms with Crippen molar-refractivity contribution in [3.63, 3.8) is 0 Å². The molecule has 0 saturated heterocycles. The number of hydrogen-bond donors (Lipinski definition) is 2. The maximum absolute atomic E-state index is 12.8. The summed E-state index contributed by atoms with van der Waals surface area (Å²) in [4.78, 5) is 12.8. The van der Waals surface area contributed by atoms with E-state index < -0.39 is 11.2 Å². The summed E-state index contributed by atoms with van der Waals surface area (Å²) in [6.07, 6.45) is 2.41. The predicted molar refractivity (Wildman–Crippen MR) is 107 cm³/mol. The zero-order chi connectivity index (χ0) is 20.4. The SMILES string of the molecule is COc1ccc(-c2oc3c(CC=C(C)C)c(OC)cc(O)c3c(=O)c2O)cc1. The Bertz CT molecular complexity index is 1100. The number of rotatable bonds is 5. The molecule has 1 aromatic heterocycles. The van der Waals surface area contributed by atoms with Gasteiger partial charge in [0.2, 0.25) is 11.2 Å². The molecule has 28 heavy (non-hydrogen) atoms. The van der Waals surface area contributed by atoms with Crippen LogP contribution in [-0.2, 0) is 6.42 Å². The minimum absolute atomic E-state index is 0.0197. The molecule has 3 rings (SSSR count). The van der Waals surface area contributed by atoms with Gasteiger partial charge in [0.15, 0.2) is 5.76 Å². The van der Waals surface area contributed by atoms with Crippen LogP contribution in [0.5, 0.6) is 23.0 Å². The molecule has 0 atom stereocenters. The van der Waals surface area contributed by atoms with Crippen molar-refractivity contribution in [3.8, 4) is 34.3 Å². The number of allylic oxidation sites excluding steroid dienone is 2. The van der Waals surface area contributed by atoms with Crippen LogP contribution in [0, 0.1) is 0 Å². The van der Waals surface area contributed by atoms with Crippen LogP contribution in [0.15, 0.2) is 51.2 Å². The van der Waals surface area contributed by atoms with Crippen molar-refractivity contribution in [3.05, 3.63) is 57.8 Å². The number of fused-ring (bicyclic) bond motifs is 1. The summed E-state index contributed by atoms with van der Waals surface area (Å²) in [5.74, 6) is 0.183. The quantitative estimate of drug-likeness (QED) is 0.636. The zero-order valence-corrected chi connectivity index (χ0v) is 16.2. The maximum Gasteiger partial charge on any atom is 0.238 e. The molecule has 0 aliphatic carbocycles. The largest absolute Gasteiger partial charge is 0.507 e. The van der Waals surface area contributed by atoms with Crippen molar-refractivity contribution < 1.29 is 24.1 Å². The van der Waals surface area contributed by atoms with Gasteiger partial charge in [0.05, 0.1) is 14.2 Å². The van der Waals surface area contributed by atoms with E-state index in [1.807, 2.05) is 19.9 Å². The molecule has 0 fully saturated rings. The number of methoxy groups -OCH3 is 2. The molecule has 1 heterocycles. The Hall–Kier alpha value is -3.41. The Balaban J connectivity index is 2.35. The van der Waals surface area contributed by atoms with Gasteiger partial charge in [0, 0.05) is 17.2 Å². The van der Waals surface area contributed by atoms with Crippen molar-refractivity contribution in [2.24, 2.45) is 0 Å². The Labute approximate surface area is 162 Å². The fourth-order valence-electron chi connectivity index (χ4n) is 2.99. The molecule has 0 aliphatic rings. The second-order valence-electron chi connectivity index (χ2n) is 6.60. The van der Waals surface area contributed by atoms with Crippen molar-refractivity contribution >= 4 is 11.0 Å². The molecule has 0 aliphatic heterocycles. The van der Waals surface area contributed by atoms with Gasteiger partial charge in [-0.2, -0.15) is 0 Å². The summed E-state index contributed by atoms with van der Waals surface area (Å²) in [6, 6.07) is 8.12. The van der Waals surface area contributed by atoms with Gasteiger partial charge in [-0.3, -0.25) is 4.79 Å². The average molecular weight is 382 g/mol. The van der Waals surface area contributed by atoms with E-state index in [-0.39, 0.29) is 22.5 Å². The molecule has 0 spiro atoms. The van der Waals surface area contributed by atoms with Crippen molar-refractivity contribution in [2.45, 2.75) is 20.3 Å². The predicted octanol–water partition coefficient (Wildman–Crippen LogP) is 4.40. The number of phenolic OH excluding ortho intramolecular Hbond substituents is 1. The lowest BCUT2D eigenvalue weighted by atomic mass is 10.0. The Morgan fingerprint density at radius 2 is 1.79 bits per heavy atom. The molecule has 0 amide bonds. The summed E-state index contributed by atoms with van der Waals surface area (Å²) < 4.78 is 16.5. The molecular weight excluding hydrogens is 360 g/mol. The van der Waals surface area contributed by atoms with Crippen LogP contribution < -0.4 is 14.9 Å². The minimum Gasteiger partial charge on any atom is -0.507 e. The Morgan fingerprint density at radius 1 is 1.11 bits per heavy atom. The summed E-state index contributed by atoms with van der Waals surface area (Å²) in [7, 11) is 3.03. The van der Waals surface area contributed by atoms with Crippen molar-refractivity contribution in [2.75, 3.05) is 14.2 Å². The van der Waals surface area contributed by atoms with Gasteiger partial charge < -0.3 is 24.1 Å². The van der Waals surface area contributed by atoms with E-state index in [4.69, 9.17) is 13.9 Å². The highest BCUT2D eigenvalue weighted by Gasteiger charge is 2.22. The molecular formula is C22H22O6. The van der Waals surface area contributed by atoms with Crippen molar-refractivity contribution in [1.29, 1.82) is 0 Å². The summed E-state index contributed by atoms with van der Waals surface area (Å²) in [5.41, 5.74) is 1.68. The molecule has 146 valence electrons. The number of ether oxygens (including phenoxy) is 2. The van der Waals surface area contributed by atoms with Gasteiger partial charge >= 0.3 is 0 Å². The molecule has 0 bridgehead atoms. The highest BCUT2D eigenvalue weighted by atomic mass is 16.5. The summed E-state index contributed by atoms with van der Waals surface area (Å²) >= 11 is 0. The van der Waals surface area contributed by atoms with Crippen LogP contribution in [0.1, 0.15) is 19.4 Å². The molecule has 3 aromatic rings. The van der Waals surface area contributed by atoms with Gasteiger partial charge in [0.25, 0.3) is 0 Å². The van der Waals surface area contributed by atoms with Gasteiger partial charge in [-0.1, -0.05) is 11.6 Å². The van der Waals surface area contributed by atoms with E-state index in [0.717, 1.165) is 5.57 Å². The number of phenols is 1. The maximum atomic E-state index is 12.8. The van der Waals surface area contributed by atoms with Crippen LogP contribution in [-0.4, -0.2) is 24.4 Å². The van der Waals surface area contributed by atoms with Gasteiger partial charge in [-0.25, -0.2) is 0 Å². The normalized spacial score (nSPS) is 10.7. The second-order valence-corrected chi connectivity index (χ2v) is 6.60. The Morgan fingerprint density at radius 3 is 2.36 bits per heavy atom. The van der Waals surface area contributed by atoms with Crippen LogP contribution in [0.25, 0.3) is 22.3 Å². The van der Waals surface area contributed by atoms with Crippen LogP contribution in [0.4, 0.5) is 0 Å². The number of aromatic hydroxyl groups is 2. The molecule has 0 saturated carbocycles. The fourth-order valence-corrected chi connectivity index (χ4v) is 2.99. The average Bonchev–Trinajstić information content (AvgIpc) is 2.69. The van der Waals surface area contributed by atoms with E-state index in [0.29, 0.717) is 29.0 Å². The first-order chi connectivity index (χ1) is 13.4. The molecule has 0 unspecified atom stereocenters. The highest BCUT2D eigenvalue weighted by Crippen LogP contribution is 2.39. The third-order valence-corrected chi connectivity index (χ3v) is 4.47. The lowest BCUT2D eigenvalue weighted by Crippen LogP contribution is -2.05. The Kier molecular flexibility index (Phi) is 5.31. The smallest absolute Gasteiger partial charge is 0.238 e. The zero-order valence-electron chi connectivity index (χ0n) is 16.2.